The van der Waals surface area contributed by atoms with Gasteiger partial charge in [-0.3, -0.25) is 4.79 Å². The molecule has 3 rings (SSSR count). The van der Waals surface area contributed by atoms with E-state index in [1.807, 2.05) is 61.0 Å². The maximum Gasteiger partial charge on any atom is 0.311 e. The van der Waals surface area contributed by atoms with Crippen LogP contribution in [0.15, 0.2) is 65.7 Å². The molecule has 1 aromatic heterocycles. The Morgan fingerprint density at radius 1 is 1.11 bits per heavy atom. The smallest absolute Gasteiger partial charge is 0.311 e. The molecule has 0 fully saturated rings. The van der Waals surface area contributed by atoms with Crippen molar-refractivity contribution in [3.63, 3.8) is 0 Å². The van der Waals surface area contributed by atoms with E-state index < -0.39 is 21.7 Å². The van der Waals surface area contributed by atoms with Crippen LogP contribution in [0.4, 0.5) is 0 Å². The number of carboxylic acid groups (broad SMARTS) is 1. The molecule has 3 aromatic rings. The van der Waals surface area contributed by atoms with Crippen LogP contribution in [0.1, 0.15) is 30.5 Å². The molecule has 1 atom stereocenters. The Morgan fingerprint density at radius 2 is 1.79 bits per heavy atom. The summed E-state index contributed by atoms with van der Waals surface area (Å²) in [5.74, 6) is -1.57. The van der Waals surface area contributed by atoms with E-state index in [1.165, 1.54) is 6.26 Å². The lowest BCUT2D eigenvalue weighted by atomic mass is 9.90. The van der Waals surface area contributed by atoms with Gasteiger partial charge < -0.3 is 9.67 Å². The molecule has 0 amide bonds. The second kappa shape index (κ2) is 7.64. The lowest BCUT2D eigenvalue weighted by Crippen LogP contribution is -2.12. The molecule has 146 valence electrons. The Hall–Kier alpha value is -2.86. The molecule has 2 aromatic carbocycles. The largest absolute Gasteiger partial charge is 0.481 e. The average Bonchev–Trinajstić information content (AvgIpc) is 3.00. The Balaban J connectivity index is 2.30. The number of nitrogens with zero attached hydrogens (tertiary/aromatic N) is 1. The number of hydrogen-bond acceptors (Lipinski definition) is 3. The summed E-state index contributed by atoms with van der Waals surface area (Å²) in [6.45, 7) is 3.74. The number of carbonyl (C=O) groups is 1. The normalized spacial score (nSPS) is 12.7. The summed E-state index contributed by atoms with van der Waals surface area (Å²) >= 11 is 0. The number of rotatable bonds is 6. The van der Waals surface area contributed by atoms with Crippen molar-refractivity contribution in [3.05, 3.63) is 72.1 Å². The van der Waals surface area contributed by atoms with Gasteiger partial charge in [0.05, 0.1) is 10.8 Å². The van der Waals surface area contributed by atoms with Crippen LogP contribution in [-0.4, -0.2) is 30.3 Å². The molecule has 28 heavy (non-hydrogen) atoms. The van der Waals surface area contributed by atoms with Crippen molar-refractivity contribution in [1.82, 2.24) is 4.57 Å². The Kier molecular flexibility index (Phi) is 5.42. The van der Waals surface area contributed by atoms with Crippen LogP contribution in [0.3, 0.4) is 0 Å². The molecule has 0 saturated heterocycles. The Labute approximate surface area is 165 Å². The first kappa shape index (κ1) is 19.9. The number of sulfone groups is 1. The standard InChI is InChI=1S/C22H23NO4S/c1-4-19(22(24)25)21-15(2)23(17-10-6-5-7-11-17)14-20(21)16-9-8-12-18(13-16)28(3,26)27/h5-14,19H,4H2,1-3H3,(H,24,25). The summed E-state index contributed by atoms with van der Waals surface area (Å²) < 4.78 is 25.9. The zero-order chi connectivity index (χ0) is 20.5. The fourth-order valence-corrected chi connectivity index (χ4v) is 4.21. The molecule has 0 aliphatic carbocycles. The predicted octanol–water partition coefficient (Wildman–Crippen LogP) is 4.43. The van der Waals surface area contributed by atoms with Gasteiger partial charge in [-0.05, 0) is 48.7 Å². The van der Waals surface area contributed by atoms with Crippen molar-refractivity contribution in [1.29, 1.82) is 0 Å². The molecular weight excluding hydrogens is 374 g/mol. The van der Waals surface area contributed by atoms with Gasteiger partial charge in [0, 0.05) is 29.4 Å². The van der Waals surface area contributed by atoms with Crippen molar-refractivity contribution in [2.24, 2.45) is 0 Å². The molecule has 1 unspecified atom stereocenters. The minimum Gasteiger partial charge on any atom is -0.481 e. The highest BCUT2D eigenvalue weighted by atomic mass is 32.2. The average molecular weight is 397 g/mol. The second-order valence-electron chi connectivity index (χ2n) is 6.85. The van der Waals surface area contributed by atoms with Gasteiger partial charge in [-0.1, -0.05) is 37.3 Å². The molecule has 0 aliphatic heterocycles. The third kappa shape index (κ3) is 3.73. The fraction of sp³-hybridized carbons (Fsp3) is 0.227. The second-order valence-corrected chi connectivity index (χ2v) is 8.86. The van der Waals surface area contributed by atoms with Gasteiger partial charge in [-0.25, -0.2) is 8.42 Å². The van der Waals surface area contributed by atoms with Crippen LogP contribution in [0.5, 0.6) is 0 Å². The first-order chi connectivity index (χ1) is 13.2. The summed E-state index contributed by atoms with van der Waals surface area (Å²) in [6.07, 6.45) is 3.50. The van der Waals surface area contributed by atoms with Crippen LogP contribution in [0, 0.1) is 6.92 Å². The summed E-state index contributed by atoms with van der Waals surface area (Å²) in [5, 5.41) is 9.78. The van der Waals surface area contributed by atoms with Crippen LogP contribution in [0.2, 0.25) is 0 Å². The van der Waals surface area contributed by atoms with Crippen molar-refractivity contribution in [2.75, 3.05) is 6.26 Å². The number of aliphatic carboxylic acids is 1. The van der Waals surface area contributed by atoms with E-state index in [0.29, 0.717) is 17.5 Å². The van der Waals surface area contributed by atoms with Crippen LogP contribution < -0.4 is 0 Å². The first-order valence-electron chi connectivity index (χ1n) is 9.04. The lowest BCUT2D eigenvalue weighted by Gasteiger charge is -2.14. The summed E-state index contributed by atoms with van der Waals surface area (Å²) in [7, 11) is -3.37. The van der Waals surface area contributed by atoms with E-state index in [0.717, 1.165) is 16.9 Å². The summed E-state index contributed by atoms with van der Waals surface area (Å²) in [4.78, 5) is 12.1. The quantitative estimate of drug-likeness (QED) is 0.667. The van der Waals surface area contributed by atoms with Gasteiger partial charge >= 0.3 is 5.97 Å². The SMILES string of the molecule is CCC(C(=O)O)c1c(-c2cccc(S(C)(=O)=O)c2)cn(-c2ccccc2)c1C. The van der Waals surface area contributed by atoms with Gasteiger partial charge in [0.15, 0.2) is 9.84 Å². The molecule has 0 saturated carbocycles. The minimum atomic E-state index is -3.37. The Morgan fingerprint density at radius 3 is 2.36 bits per heavy atom. The van der Waals surface area contributed by atoms with Crippen molar-refractivity contribution >= 4 is 15.8 Å². The van der Waals surface area contributed by atoms with Crippen LogP contribution >= 0.6 is 0 Å². The molecule has 0 aliphatic rings. The van der Waals surface area contributed by atoms with Crippen molar-refractivity contribution < 1.29 is 18.3 Å². The van der Waals surface area contributed by atoms with E-state index in [4.69, 9.17) is 0 Å². The van der Waals surface area contributed by atoms with Crippen molar-refractivity contribution in [3.8, 4) is 16.8 Å². The third-order valence-corrected chi connectivity index (χ3v) is 6.07. The highest BCUT2D eigenvalue weighted by Crippen LogP contribution is 2.37. The molecular formula is C22H23NO4S. The molecule has 0 spiro atoms. The van der Waals surface area contributed by atoms with Crippen molar-refractivity contribution in [2.45, 2.75) is 31.1 Å². The molecule has 1 N–H and O–H groups in total. The minimum absolute atomic E-state index is 0.212. The third-order valence-electron chi connectivity index (χ3n) is 4.96. The number of benzene rings is 2. The van der Waals surface area contributed by atoms with Gasteiger partial charge in [-0.2, -0.15) is 0 Å². The highest BCUT2D eigenvalue weighted by Gasteiger charge is 2.27. The molecule has 6 heteroatoms. The molecule has 0 radical (unpaired) electrons. The van der Waals surface area contributed by atoms with E-state index in [9.17, 15) is 18.3 Å². The number of carboxylic acids is 1. The predicted molar refractivity (Wildman–Crippen MR) is 110 cm³/mol. The topological polar surface area (TPSA) is 76.4 Å². The molecule has 0 bridgehead atoms. The maximum atomic E-state index is 12.0. The van der Waals surface area contributed by atoms with E-state index in [-0.39, 0.29) is 4.90 Å². The first-order valence-corrected chi connectivity index (χ1v) is 10.9. The maximum absolute atomic E-state index is 12.0. The molecule has 5 nitrogen and oxygen atoms in total. The zero-order valence-corrected chi connectivity index (χ0v) is 16.9. The van der Waals surface area contributed by atoms with Gasteiger partial charge in [0.2, 0.25) is 0 Å². The van der Waals surface area contributed by atoms with Gasteiger partial charge in [-0.15, -0.1) is 0 Å². The van der Waals surface area contributed by atoms with Gasteiger partial charge in [0.25, 0.3) is 0 Å². The fourth-order valence-electron chi connectivity index (χ4n) is 3.54. The number of hydrogen-bond donors (Lipinski definition) is 1. The van der Waals surface area contributed by atoms with Crippen LogP contribution in [-0.2, 0) is 14.6 Å². The van der Waals surface area contributed by atoms with E-state index in [2.05, 4.69) is 0 Å². The number of aromatic nitrogens is 1. The summed E-state index contributed by atoms with van der Waals surface area (Å²) in [5.41, 5.74) is 3.90. The lowest BCUT2D eigenvalue weighted by molar-refractivity contribution is -0.138. The zero-order valence-electron chi connectivity index (χ0n) is 16.1. The van der Waals surface area contributed by atoms with Gasteiger partial charge in [0.1, 0.15) is 0 Å². The summed E-state index contributed by atoms with van der Waals surface area (Å²) in [6, 6.07) is 16.3. The van der Waals surface area contributed by atoms with E-state index >= 15 is 0 Å². The number of para-hydroxylation sites is 1. The molecule has 1 heterocycles. The van der Waals surface area contributed by atoms with E-state index in [1.54, 1.807) is 18.2 Å². The van der Waals surface area contributed by atoms with Crippen LogP contribution in [0.25, 0.3) is 16.8 Å². The highest BCUT2D eigenvalue weighted by molar-refractivity contribution is 7.90. The Bertz CT molecular complexity index is 1110. The monoisotopic (exact) mass is 397 g/mol.